The second-order valence-corrected chi connectivity index (χ2v) is 6.03. The maximum Gasteiger partial charge on any atom is 0.277 e. The molecule has 0 radical (unpaired) electrons. The van der Waals surface area contributed by atoms with Crippen LogP contribution in [-0.4, -0.2) is 25.0 Å². The maximum atomic E-state index is 12.3. The second kappa shape index (κ2) is 9.23. The summed E-state index contributed by atoms with van der Waals surface area (Å²) < 4.78 is 6.77. The van der Waals surface area contributed by atoms with Gasteiger partial charge >= 0.3 is 0 Å². The monoisotopic (exact) mass is 374 g/mol. The van der Waals surface area contributed by atoms with Crippen molar-refractivity contribution in [2.24, 2.45) is 5.10 Å². The van der Waals surface area contributed by atoms with Crippen molar-refractivity contribution in [1.29, 1.82) is 0 Å². The fraction of sp³-hybridized carbons (Fsp3) is 0.0909. The Morgan fingerprint density at radius 1 is 1.00 bits per heavy atom. The minimum atomic E-state index is -0.355. The molecule has 0 spiro atoms. The van der Waals surface area contributed by atoms with Crippen molar-refractivity contribution in [2.75, 3.05) is 7.11 Å². The molecular formula is C22H20N3O3+. The van der Waals surface area contributed by atoms with Gasteiger partial charge in [0.1, 0.15) is 11.3 Å². The minimum absolute atomic E-state index is 0.0271. The van der Waals surface area contributed by atoms with Gasteiger partial charge < -0.3 is 4.74 Å². The highest BCUT2D eigenvalue weighted by Crippen LogP contribution is 2.09. The van der Waals surface area contributed by atoms with Crippen molar-refractivity contribution in [1.82, 2.24) is 5.43 Å². The molecule has 3 aromatic rings. The van der Waals surface area contributed by atoms with Gasteiger partial charge in [-0.25, -0.2) is 5.43 Å². The van der Waals surface area contributed by atoms with E-state index in [1.807, 2.05) is 42.5 Å². The van der Waals surface area contributed by atoms with E-state index in [1.165, 1.54) is 0 Å². The number of amides is 1. The fourth-order valence-electron chi connectivity index (χ4n) is 2.56. The first-order chi connectivity index (χ1) is 13.7. The van der Waals surface area contributed by atoms with Crippen molar-refractivity contribution < 1.29 is 18.9 Å². The number of pyridine rings is 1. The standard InChI is InChI=1S/C22H19N3O3/c1-28-20-11-9-17(10-12-20)14-23-24-22(27)19-8-5-13-25(15-19)16-21(26)18-6-3-2-4-7-18/h2-15H,16H2,1H3/p+1/b23-14-. The van der Waals surface area contributed by atoms with Gasteiger partial charge in [0.2, 0.25) is 12.3 Å². The van der Waals surface area contributed by atoms with Crippen LogP contribution >= 0.6 is 0 Å². The molecule has 0 aliphatic carbocycles. The molecule has 3 rings (SSSR count). The lowest BCUT2D eigenvalue weighted by Crippen LogP contribution is -2.38. The number of rotatable bonds is 7. The molecule has 6 nitrogen and oxygen atoms in total. The third kappa shape index (κ3) is 5.11. The Labute approximate surface area is 163 Å². The van der Waals surface area contributed by atoms with Crippen molar-refractivity contribution in [2.45, 2.75) is 6.54 Å². The number of methoxy groups -OCH3 is 1. The molecule has 28 heavy (non-hydrogen) atoms. The normalized spacial score (nSPS) is 10.6. The van der Waals surface area contributed by atoms with Gasteiger partial charge in [0, 0.05) is 11.6 Å². The quantitative estimate of drug-likeness (QED) is 0.299. The van der Waals surface area contributed by atoms with Gasteiger partial charge in [-0.15, -0.1) is 0 Å². The number of aromatic nitrogens is 1. The molecule has 1 amide bonds. The first-order valence-corrected chi connectivity index (χ1v) is 8.70. The number of nitrogens with zero attached hydrogens (tertiary/aromatic N) is 2. The van der Waals surface area contributed by atoms with Crippen LogP contribution in [-0.2, 0) is 6.54 Å². The summed E-state index contributed by atoms with van der Waals surface area (Å²) in [7, 11) is 1.60. The summed E-state index contributed by atoms with van der Waals surface area (Å²) >= 11 is 0. The number of hydrogen-bond donors (Lipinski definition) is 1. The number of carbonyl (C=O) groups excluding carboxylic acids is 2. The van der Waals surface area contributed by atoms with Crippen molar-refractivity contribution in [3.8, 4) is 5.75 Å². The summed E-state index contributed by atoms with van der Waals surface area (Å²) in [6.45, 7) is 0.153. The Bertz CT molecular complexity index is 983. The molecule has 0 unspecified atom stereocenters. The Balaban J connectivity index is 1.61. The summed E-state index contributed by atoms with van der Waals surface area (Å²) in [4.78, 5) is 24.6. The highest BCUT2D eigenvalue weighted by Gasteiger charge is 2.14. The number of ketones is 1. The van der Waals surface area contributed by atoms with Crippen LogP contribution in [0.15, 0.2) is 84.2 Å². The predicted octanol–water partition coefficient (Wildman–Crippen LogP) is 2.63. The topological polar surface area (TPSA) is 71.6 Å². The van der Waals surface area contributed by atoms with Crippen LogP contribution in [0.3, 0.4) is 0 Å². The zero-order valence-electron chi connectivity index (χ0n) is 15.4. The number of carbonyl (C=O) groups is 2. The molecule has 2 aromatic carbocycles. The van der Waals surface area contributed by atoms with Gasteiger partial charge in [-0.2, -0.15) is 9.67 Å². The van der Waals surface area contributed by atoms with Crippen molar-refractivity contribution >= 4 is 17.9 Å². The molecule has 0 aliphatic heterocycles. The first kappa shape index (κ1) is 19.0. The largest absolute Gasteiger partial charge is 0.497 e. The third-order valence-electron chi connectivity index (χ3n) is 4.04. The lowest BCUT2D eigenvalue weighted by atomic mass is 10.1. The highest BCUT2D eigenvalue weighted by molar-refractivity contribution is 5.95. The highest BCUT2D eigenvalue weighted by atomic mass is 16.5. The Hall–Kier alpha value is -3.80. The molecule has 0 bridgehead atoms. The lowest BCUT2D eigenvalue weighted by molar-refractivity contribution is -0.683. The minimum Gasteiger partial charge on any atom is -0.497 e. The number of benzene rings is 2. The van der Waals surface area contributed by atoms with E-state index in [0.29, 0.717) is 11.1 Å². The van der Waals surface area contributed by atoms with Crippen LogP contribution in [0, 0.1) is 0 Å². The summed E-state index contributed by atoms with van der Waals surface area (Å²) in [5.74, 6) is 0.368. The van der Waals surface area contributed by atoms with Gasteiger partial charge in [-0.3, -0.25) is 9.59 Å². The Kier molecular flexibility index (Phi) is 6.25. The molecule has 0 saturated heterocycles. The molecule has 1 N–H and O–H groups in total. The molecule has 140 valence electrons. The van der Waals surface area contributed by atoms with E-state index in [1.54, 1.807) is 54.6 Å². The SMILES string of the molecule is COc1ccc(/C=N\NC(=O)c2ccc[n+](CC(=O)c3ccccc3)c2)cc1. The van der Waals surface area contributed by atoms with E-state index in [9.17, 15) is 9.59 Å². The van der Waals surface area contributed by atoms with E-state index in [-0.39, 0.29) is 18.2 Å². The van der Waals surface area contributed by atoms with Gasteiger partial charge in [0.25, 0.3) is 5.91 Å². The Morgan fingerprint density at radius 2 is 1.71 bits per heavy atom. The predicted molar refractivity (Wildman–Crippen MR) is 105 cm³/mol. The summed E-state index contributed by atoms with van der Waals surface area (Å²) in [6.07, 6.45) is 4.92. The summed E-state index contributed by atoms with van der Waals surface area (Å²) in [6, 6.07) is 19.7. The number of ether oxygens (including phenoxy) is 1. The maximum absolute atomic E-state index is 12.3. The number of hydrogen-bond acceptors (Lipinski definition) is 4. The molecular weight excluding hydrogens is 354 g/mol. The molecule has 6 heteroatoms. The van der Waals surface area contributed by atoms with Crippen LogP contribution in [0.2, 0.25) is 0 Å². The lowest BCUT2D eigenvalue weighted by Gasteiger charge is -2.01. The summed E-state index contributed by atoms with van der Waals surface area (Å²) in [5, 5.41) is 3.97. The Morgan fingerprint density at radius 3 is 2.43 bits per heavy atom. The molecule has 1 aromatic heterocycles. The van der Waals surface area contributed by atoms with Crippen LogP contribution < -0.4 is 14.7 Å². The van der Waals surface area contributed by atoms with Crippen LogP contribution in [0.4, 0.5) is 0 Å². The zero-order valence-corrected chi connectivity index (χ0v) is 15.4. The second-order valence-electron chi connectivity index (χ2n) is 6.03. The summed E-state index contributed by atoms with van der Waals surface area (Å²) in [5.41, 5.74) is 4.37. The van der Waals surface area contributed by atoms with E-state index < -0.39 is 0 Å². The van der Waals surface area contributed by atoms with E-state index >= 15 is 0 Å². The van der Waals surface area contributed by atoms with Gasteiger partial charge in [0.15, 0.2) is 12.4 Å². The van der Waals surface area contributed by atoms with Crippen LogP contribution in [0.5, 0.6) is 5.75 Å². The molecule has 0 aliphatic rings. The van der Waals surface area contributed by atoms with Gasteiger partial charge in [-0.05, 0) is 35.9 Å². The number of Topliss-reactive ketones (excluding diaryl/α,β-unsaturated/α-hetero) is 1. The average Bonchev–Trinajstić information content (AvgIpc) is 2.75. The van der Waals surface area contributed by atoms with Gasteiger partial charge in [0.05, 0.1) is 13.3 Å². The smallest absolute Gasteiger partial charge is 0.277 e. The first-order valence-electron chi connectivity index (χ1n) is 8.70. The number of hydrazone groups is 1. The molecule has 0 saturated carbocycles. The average molecular weight is 374 g/mol. The van der Waals surface area contributed by atoms with E-state index in [2.05, 4.69) is 10.5 Å². The van der Waals surface area contributed by atoms with E-state index in [4.69, 9.17) is 4.74 Å². The van der Waals surface area contributed by atoms with Gasteiger partial charge in [-0.1, -0.05) is 30.3 Å². The zero-order chi connectivity index (χ0) is 19.8. The fourth-order valence-corrected chi connectivity index (χ4v) is 2.56. The van der Waals surface area contributed by atoms with Crippen molar-refractivity contribution in [3.63, 3.8) is 0 Å². The van der Waals surface area contributed by atoms with Crippen LogP contribution in [0.1, 0.15) is 26.3 Å². The molecule has 0 fully saturated rings. The van der Waals surface area contributed by atoms with E-state index in [0.717, 1.165) is 11.3 Å². The third-order valence-corrected chi connectivity index (χ3v) is 4.04. The molecule has 0 atom stereocenters. The van der Waals surface area contributed by atoms with Crippen molar-refractivity contribution in [3.05, 3.63) is 95.8 Å². The molecule has 1 heterocycles. The van der Waals surface area contributed by atoms with Crippen LogP contribution in [0.25, 0.3) is 0 Å². The number of nitrogens with one attached hydrogen (secondary N) is 1.